The maximum Gasteiger partial charge on any atom is 0.143 e. The van der Waals surface area contributed by atoms with Crippen molar-refractivity contribution in [3.05, 3.63) is 29.1 Å². The first-order chi connectivity index (χ1) is 6.66. The molecule has 1 nitrogen and oxygen atoms in total. The van der Waals surface area contributed by atoms with E-state index < -0.39 is 0 Å². The largest absolute Gasteiger partial charge is 0.398 e. The van der Waals surface area contributed by atoms with E-state index in [0.717, 1.165) is 0 Å². The van der Waals surface area contributed by atoms with Crippen molar-refractivity contribution >= 4 is 17.3 Å². The molecule has 0 heterocycles. The fraction of sp³-hybridized carbons (Fsp3) is 0.273. The van der Waals surface area contributed by atoms with Gasteiger partial charge in [0.1, 0.15) is 5.82 Å². The van der Waals surface area contributed by atoms with Crippen LogP contribution in [0.2, 0.25) is 0 Å². The van der Waals surface area contributed by atoms with Crippen LogP contribution < -0.4 is 5.73 Å². The molecule has 0 unspecified atom stereocenters. The predicted octanol–water partition coefficient (Wildman–Crippen LogP) is 2.70. The van der Waals surface area contributed by atoms with E-state index in [1.54, 1.807) is 19.1 Å². The molecule has 0 fully saturated rings. The van der Waals surface area contributed by atoms with Gasteiger partial charge in [-0.15, -0.1) is 11.6 Å². The Kier molecular flexibility index (Phi) is 3.79. The molecule has 1 rings (SSSR count). The Bertz CT molecular complexity index is 390. The van der Waals surface area contributed by atoms with Crippen molar-refractivity contribution < 1.29 is 4.39 Å². The first-order valence-electron chi connectivity index (χ1n) is 4.26. The van der Waals surface area contributed by atoms with Crippen molar-refractivity contribution in [1.29, 1.82) is 0 Å². The normalized spacial score (nSPS) is 9.36. The van der Waals surface area contributed by atoms with Crippen LogP contribution >= 0.6 is 11.6 Å². The zero-order valence-corrected chi connectivity index (χ0v) is 8.66. The molecule has 1 aromatic rings. The molecule has 2 N–H and O–H groups in total. The van der Waals surface area contributed by atoms with Crippen LogP contribution in [0.25, 0.3) is 0 Å². The Balaban J connectivity index is 3.02. The molecule has 0 bridgehead atoms. The fourth-order valence-electron chi connectivity index (χ4n) is 1.00. The Morgan fingerprint density at radius 3 is 2.86 bits per heavy atom. The zero-order valence-electron chi connectivity index (χ0n) is 7.90. The SMILES string of the molecule is Cc1c(N)ccc(C#CCCCl)c1F. The van der Waals surface area contributed by atoms with E-state index in [4.69, 9.17) is 17.3 Å². The number of nitrogen functional groups attached to an aromatic ring is 1. The standard InChI is InChI=1S/C11H11ClFN/c1-8-10(14)6-5-9(11(8)13)4-2-3-7-12/h5-6H,3,7,14H2,1H3. The third-order valence-corrected chi connectivity index (χ3v) is 2.06. The number of halogens is 2. The summed E-state index contributed by atoms with van der Waals surface area (Å²) >= 11 is 5.45. The molecule has 0 radical (unpaired) electrons. The molecule has 0 atom stereocenters. The van der Waals surface area contributed by atoms with Crippen LogP contribution in [0.15, 0.2) is 12.1 Å². The highest BCUT2D eigenvalue weighted by Gasteiger charge is 2.05. The quantitative estimate of drug-likeness (QED) is 0.432. The second-order valence-electron chi connectivity index (χ2n) is 2.88. The summed E-state index contributed by atoms with van der Waals surface area (Å²) in [6, 6.07) is 3.24. The maximum absolute atomic E-state index is 13.5. The predicted molar refractivity (Wildman–Crippen MR) is 57.8 cm³/mol. The summed E-state index contributed by atoms with van der Waals surface area (Å²) in [5, 5.41) is 0. The maximum atomic E-state index is 13.5. The highest BCUT2D eigenvalue weighted by Crippen LogP contribution is 2.17. The minimum atomic E-state index is -0.341. The summed E-state index contributed by atoms with van der Waals surface area (Å²) in [5.74, 6) is 5.61. The van der Waals surface area contributed by atoms with Gasteiger partial charge in [-0.3, -0.25) is 0 Å². The molecule has 0 spiro atoms. The van der Waals surface area contributed by atoms with Crippen LogP contribution in [0.5, 0.6) is 0 Å². The molecule has 14 heavy (non-hydrogen) atoms. The van der Waals surface area contributed by atoms with E-state index in [1.807, 2.05) is 0 Å². The van der Waals surface area contributed by atoms with Gasteiger partial charge in [0.25, 0.3) is 0 Å². The summed E-state index contributed by atoms with van der Waals surface area (Å²) < 4.78 is 13.5. The summed E-state index contributed by atoms with van der Waals surface area (Å²) in [4.78, 5) is 0. The molecule has 1 aromatic carbocycles. The van der Waals surface area contributed by atoms with Gasteiger partial charge in [-0.1, -0.05) is 11.8 Å². The average molecular weight is 212 g/mol. The summed E-state index contributed by atoms with van der Waals surface area (Å²) in [6.45, 7) is 1.64. The van der Waals surface area contributed by atoms with E-state index in [0.29, 0.717) is 29.1 Å². The molecule has 0 aliphatic heterocycles. The number of nitrogens with two attached hydrogens (primary N) is 1. The van der Waals surface area contributed by atoms with Gasteiger partial charge in [-0.25, -0.2) is 4.39 Å². The van der Waals surface area contributed by atoms with Crippen LogP contribution in [-0.4, -0.2) is 5.88 Å². The molecule has 74 valence electrons. The molecule has 3 heteroatoms. The number of benzene rings is 1. The van der Waals surface area contributed by atoms with Crippen molar-refractivity contribution in [3.63, 3.8) is 0 Å². The summed E-state index contributed by atoms with van der Waals surface area (Å²) in [5.41, 5.74) is 6.81. The summed E-state index contributed by atoms with van der Waals surface area (Å²) in [7, 11) is 0. The second kappa shape index (κ2) is 4.88. The molecular weight excluding hydrogens is 201 g/mol. The van der Waals surface area contributed by atoms with Gasteiger partial charge in [0, 0.05) is 23.6 Å². The number of hydrogen-bond acceptors (Lipinski definition) is 1. The Labute approximate surface area is 88.1 Å². The van der Waals surface area contributed by atoms with Crippen LogP contribution in [-0.2, 0) is 0 Å². The van der Waals surface area contributed by atoms with Gasteiger partial charge in [0.05, 0.1) is 5.56 Å². The van der Waals surface area contributed by atoms with Crippen LogP contribution in [0.4, 0.5) is 10.1 Å². The molecular formula is C11H11ClFN. The lowest BCUT2D eigenvalue weighted by Gasteiger charge is -2.02. The van der Waals surface area contributed by atoms with Gasteiger partial charge in [0.15, 0.2) is 0 Å². The minimum absolute atomic E-state index is 0.341. The Morgan fingerprint density at radius 1 is 1.50 bits per heavy atom. The second-order valence-corrected chi connectivity index (χ2v) is 3.26. The van der Waals surface area contributed by atoms with Crippen LogP contribution in [0.3, 0.4) is 0 Å². The van der Waals surface area contributed by atoms with E-state index in [2.05, 4.69) is 11.8 Å². The van der Waals surface area contributed by atoms with E-state index >= 15 is 0 Å². The highest BCUT2D eigenvalue weighted by molar-refractivity contribution is 6.18. The van der Waals surface area contributed by atoms with Crippen molar-refractivity contribution in [2.45, 2.75) is 13.3 Å². The molecule has 0 saturated carbocycles. The van der Waals surface area contributed by atoms with Crippen LogP contribution in [0.1, 0.15) is 17.5 Å². The lowest BCUT2D eigenvalue weighted by Crippen LogP contribution is -1.95. The minimum Gasteiger partial charge on any atom is -0.398 e. The number of alkyl halides is 1. The molecule has 0 amide bonds. The lowest BCUT2D eigenvalue weighted by atomic mass is 10.1. The van der Waals surface area contributed by atoms with Crippen molar-refractivity contribution in [1.82, 2.24) is 0 Å². The third kappa shape index (κ3) is 2.40. The summed E-state index contributed by atoms with van der Waals surface area (Å²) in [6.07, 6.45) is 0.560. The van der Waals surface area contributed by atoms with Gasteiger partial charge < -0.3 is 5.73 Å². The van der Waals surface area contributed by atoms with E-state index in [1.165, 1.54) is 0 Å². The van der Waals surface area contributed by atoms with Crippen molar-refractivity contribution in [3.8, 4) is 11.8 Å². The Hall–Kier alpha value is -1.20. The number of rotatable bonds is 1. The van der Waals surface area contributed by atoms with Crippen LogP contribution in [0, 0.1) is 24.6 Å². The smallest absolute Gasteiger partial charge is 0.143 e. The highest BCUT2D eigenvalue weighted by atomic mass is 35.5. The monoisotopic (exact) mass is 211 g/mol. The van der Waals surface area contributed by atoms with E-state index in [-0.39, 0.29) is 5.82 Å². The van der Waals surface area contributed by atoms with Gasteiger partial charge >= 0.3 is 0 Å². The number of anilines is 1. The fourth-order valence-corrected chi connectivity index (χ4v) is 1.10. The van der Waals surface area contributed by atoms with E-state index in [9.17, 15) is 4.39 Å². The molecule has 0 aromatic heterocycles. The lowest BCUT2D eigenvalue weighted by molar-refractivity contribution is 0.616. The van der Waals surface area contributed by atoms with Crippen molar-refractivity contribution in [2.75, 3.05) is 11.6 Å². The van der Waals surface area contributed by atoms with Crippen molar-refractivity contribution in [2.24, 2.45) is 0 Å². The first-order valence-corrected chi connectivity index (χ1v) is 4.79. The topological polar surface area (TPSA) is 26.0 Å². The molecule has 0 aliphatic rings. The molecule has 0 saturated heterocycles. The third-order valence-electron chi connectivity index (χ3n) is 1.87. The zero-order chi connectivity index (χ0) is 10.6. The first kappa shape index (κ1) is 10.9. The average Bonchev–Trinajstić information content (AvgIpc) is 2.18. The number of hydrogen-bond donors (Lipinski definition) is 1. The van der Waals surface area contributed by atoms with Gasteiger partial charge in [0.2, 0.25) is 0 Å². The Morgan fingerprint density at radius 2 is 2.21 bits per heavy atom. The van der Waals surface area contributed by atoms with Gasteiger partial charge in [-0.2, -0.15) is 0 Å². The van der Waals surface area contributed by atoms with Gasteiger partial charge in [-0.05, 0) is 19.1 Å². The molecule has 0 aliphatic carbocycles.